The Morgan fingerprint density at radius 2 is 0.857 bits per heavy atom. The molecule has 0 aliphatic heterocycles. The van der Waals surface area contributed by atoms with Crippen LogP contribution in [-0.2, 0) is 44.1 Å². The molecule has 0 saturated heterocycles. The molecule has 0 aromatic heterocycles. The molecule has 0 atom stereocenters. The summed E-state index contributed by atoms with van der Waals surface area (Å²) in [5.41, 5.74) is 0. The van der Waals surface area contributed by atoms with E-state index in [4.69, 9.17) is 19.2 Å². The minimum atomic E-state index is -4.61. The molecule has 47 valence electrons. The van der Waals surface area contributed by atoms with Crippen LogP contribution in [0.1, 0.15) is 0 Å². The zero-order chi connectivity index (χ0) is 4.50. The van der Waals surface area contributed by atoms with E-state index in [0.29, 0.717) is 0 Å². The first-order valence-corrected chi connectivity index (χ1v) is 2.68. The maximum atomic E-state index is 7.33. The molecule has 4 nitrogen and oxygen atoms in total. The van der Waals surface area contributed by atoms with E-state index in [1.165, 1.54) is 0 Å². The van der Waals surface area contributed by atoms with Crippen molar-refractivity contribution in [2.75, 3.05) is 0 Å². The molecule has 0 rings (SSSR count). The Morgan fingerprint density at radius 1 is 0.857 bits per heavy atom. The summed E-state index contributed by atoms with van der Waals surface area (Å²) in [7, 11) is -4.61. The predicted octanol–water partition coefficient (Wildman–Crippen LogP) is -2.61. The van der Waals surface area contributed by atoms with Crippen molar-refractivity contribution in [2.45, 2.75) is 0 Å². The maximum absolute atomic E-state index is 7.33. The van der Waals surface area contributed by atoms with E-state index in [9.17, 15) is 0 Å². The first-order chi connectivity index (χ1) is 2.00. The molecule has 0 heterocycles. The fraction of sp³-hybridized carbons (Fsp3) is 0. The fourth-order valence-corrected chi connectivity index (χ4v) is 0. The second-order valence-corrected chi connectivity index (χ2v) is 1.80. The summed E-state index contributed by atoms with van der Waals surface area (Å²) in [5, 5.41) is 0. The minimum absolute atomic E-state index is 0. The summed E-state index contributed by atoms with van der Waals surface area (Å²) < 4.78 is 0. The minimum Gasteiger partial charge on any atom is -0.368 e. The third-order valence-electron chi connectivity index (χ3n) is 0. The zero-order valence-electron chi connectivity index (χ0n) is 3.09. The van der Waals surface area contributed by atoms with Crippen LogP contribution in [0.15, 0.2) is 0 Å². The van der Waals surface area contributed by atoms with Gasteiger partial charge < -0.3 is 19.2 Å². The largest absolute Gasteiger partial charge is 0.668 e. The molecular formula is H4AuO4SiTi. The molecule has 0 bridgehead atoms. The van der Waals surface area contributed by atoms with Crippen LogP contribution in [0.25, 0.3) is 0 Å². The van der Waals surface area contributed by atoms with E-state index < -0.39 is 9.05 Å². The second kappa shape index (κ2) is 5.64. The molecule has 0 amide bonds. The summed E-state index contributed by atoms with van der Waals surface area (Å²) in [5.74, 6) is 0. The normalized spacial score (nSPS) is 8.57. The molecule has 0 aliphatic carbocycles. The standard InChI is InChI=1S/Au.H4O4Si.Ti/c;1-5(2,3)4;/h;1-4H;. The van der Waals surface area contributed by atoms with Gasteiger partial charge in [-0.05, 0) is 0 Å². The predicted molar refractivity (Wildman–Crippen MR) is 14.6 cm³/mol. The van der Waals surface area contributed by atoms with Gasteiger partial charge in [-0.3, -0.25) is 0 Å². The second-order valence-electron chi connectivity index (χ2n) is 0.600. The smallest absolute Gasteiger partial charge is 0.368 e. The number of hydrogen-bond donors (Lipinski definition) is 4. The summed E-state index contributed by atoms with van der Waals surface area (Å²) in [6.45, 7) is 0. The Balaban J connectivity index is -0.0000000800. The van der Waals surface area contributed by atoms with Gasteiger partial charge in [0.2, 0.25) is 0 Å². The number of hydrogen-bond acceptors (Lipinski definition) is 4. The Labute approximate surface area is 72.1 Å². The molecule has 0 aliphatic rings. The van der Waals surface area contributed by atoms with Gasteiger partial charge in [-0.25, -0.2) is 0 Å². The molecule has 0 unspecified atom stereocenters. The van der Waals surface area contributed by atoms with Crippen molar-refractivity contribution in [1.82, 2.24) is 0 Å². The molecule has 0 saturated carbocycles. The third kappa shape index (κ3) is 99.9. The molecule has 7 heteroatoms. The Bertz CT molecular complexity index is 27.2. The summed E-state index contributed by atoms with van der Waals surface area (Å²) in [4.78, 5) is 29.3. The molecular weight excluding hydrogens is 337 g/mol. The summed E-state index contributed by atoms with van der Waals surface area (Å²) in [6, 6.07) is 0. The van der Waals surface area contributed by atoms with Crippen molar-refractivity contribution in [3.8, 4) is 0 Å². The van der Waals surface area contributed by atoms with Crippen LogP contribution in [0.2, 0.25) is 0 Å². The van der Waals surface area contributed by atoms with Crippen molar-refractivity contribution in [2.24, 2.45) is 0 Å². The van der Waals surface area contributed by atoms with Crippen molar-refractivity contribution in [1.29, 1.82) is 0 Å². The summed E-state index contributed by atoms with van der Waals surface area (Å²) >= 11 is 0. The molecule has 0 spiro atoms. The molecule has 4 N–H and O–H groups in total. The molecule has 0 fully saturated rings. The van der Waals surface area contributed by atoms with Crippen LogP contribution in [-0.4, -0.2) is 28.2 Å². The van der Waals surface area contributed by atoms with Crippen molar-refractivity contribution < 1.29 is 63.3 Å². The van der Waals surface area contributed by atoms with Gasteiger partial charge in [-0.1, -0.05) is 0 Å². The van der Waals surface area contributed by atoms with E-state index in [1.807, 2.05) is 0 Å². The van der Waals surface area contributed by atoms with Gasteiger partial charge in [-0.15, -0.1) is 0 Å². The average molecular weight is 341 g/mol. The summed E-state index contributed by atoms with van der Waals surface area (Å²) in [6.07, 6.45) is 0. The first-order valence-electron chi connectivity index (χ1n) is 0.894. The molecule has 0 aromatic carbocycles. The van der Waals surface area contributed by atoms with Crippen LogP contribution in [0.4, 0.5) is 0 Å². The topological polar surface area (TPSA) is 80.9 Å². The quantitative estimate of drug-likeness (QED) is 0.364. The molecule has 7 heavy (non-hydrogen) atoms. The SMILES string of the molecule is O[Si](O)(O)O.[Au].[Ti]. The van der Waals surface area contributed by atoms with Gasteiger partial charge in [0.1, 0.15) is 0 Å². The van der Waals surface area contributed by atoms with E-state index in [2.05, 4.69) is 0 Å². The van der Waals surface area contributed by atoms with E-state index in [1.54, 1.807) is 0 Å². The van der Waals surface area contributed by atoms with Crippen LogP contribution in [0.3, 0.4) is 0 Å². The maximum Gasteiger partial charge on any atom is 0.668 e. The Morgan fingerprint density at radius 3 is 0.857 bits per heavy atom. The molecule has 0 aromatic rings. The number of rotatable bonds is 0. The van der Waals surface area contributed by atoms with Gasteiger partial charge >= 0.3 is 9.05 Å². The third-order valence-corrected chi connectivity index (χ3v) is 0. The van der Waals surface area contributed by atoms with Crippen LogP contribution < -0.4 is 0 Å². The van der Waals surface area contributed by atoms with Gasteiger partial charge in [0.25, 0.3) is 0 Å². The van der Waals surface area contributed by atoms with Gasteiger partial charge in [0.05, 0.1) is 0 Å². The van der Waals surface area contributed by atoms with Crippen molar-refractivity contribution in [3.05, 3.63) is 0 Å². The van der Waals surface area contributed by atoms with Gasteiger partial charge in [-0.2, -0.15) is 0 Å². The molecule has 1 radical (unpaired) electrons. The Kier molecular flexibility index (Phi) is 12.7. The zero-order valence-corrected chi connectivity index (χ0v) is 7.82. The monoisotopic (exact) mass is 341 g/mol. The fourth-order valence-electron chi connectivity index (χ4n) is 0. The van der Waals surface area contributed by atoms with E-state index in [0.717, 1.165) is 0 Å². The first kappa shape index (κ1) is 15.8. The average Bonchev–Trinajstić information content (AvgIpc) is 0.722. The van der Waals surface area contributed by atoms with Crippen LogP contribution in [0, 0.1) is 0 Å². The van der Waals surface area contributed by atoms with Gasteiger partial charge in [0, 0.05) is 44.1 Å². The van der Waals surface area contributed by atoms with Crippen LogP contribution >= 0.6 is 0 Å². The Hall–Kier alpha value is 1.51. The van der Waals surface area contributed by atoms with Crippen molar-refractivity contribution >= 4 is 9.05 Å². The van der Waals surface area contributed by atoms with Gasteiger partial charge in [0.15, 0.2) is 0 Å². The van der Waals surface area contributed by atoms with Crippen LogP contribution in [0.5, 0.6) is 0 Å². The van der Waals surface area contributed by atoms with E-state index in [-0.39, 0.29) is 44.1 Å². The van der Waals surface area contributed by atoms with E-state index >= 15 is 0 Å². The van der Waals surface area contributed by atoms with Crippen molar-refractivity contribution in [3.63, 3.8) is 0 Å².